The van der Waals surface area contributed by atoms with Crippen molar-refractivity contribution < 1.29 is 24.3 Å². The van der Waals surface area contributed by atoms with E-state index in [1.165, 1.54) is 9.80 Å². The minimum atomic E-state index is -1.42. The predicted molar refractivity (Wildman–Crippen MR) is 196 cm³/mol. The zero-order valence-electron chi connectivity index (χ0n) is 27.1. The highest BCUT2D eigenvalue weighted by molar-refractivity contribution is 6.32. The van der Waals surface area contributed by atoms with Gasteiger partial charge in [-0.1, -0.05) is 102 Å². The number of benzene rings is 5. The number of fused-ring (bicyclic) bond motifs is 5. The van der Waals surface area contributed by atoms with Gasteiger partial charge in [0.2, 0.25) is 23.6 Å². The first-order chi connectivity index (χ1) is 24.7. The molecule has 5 aromatic carbocycles. The van der Waals surface area contributed by atoms with Crippen LogP contribution in [0, 0.1) is 23.7 Å². The quantitative estimate of drug-likeness (QED) is 0.150. The third kappa shape index (κ3) is 4.44. The predicted octanol–water partition coefficient (Wildman–Crippen LogP) is 8.22. The van der Waals surface area contributed by atoms with Crippen molar-refractivity contribution in [1.29, 1.82) is 0 Å². The summed E-state index contributed by atoms with van der Waals surface area (Å²) < 4.78 is 0. The molecule has 0 aromatic heterocycles. The van der Waals surface area contributed by atoms with Crippen LogP contribution in [-0.4, -0.2) is 28.7 Å². The van der Waals surface area contributed by atoms with E-state index in [2.05, 4.69) is 0 Å². The van der Waals surface area contributed by atoms with E-state index in [-0.39, 0.29) is 35.8 Å². The maximum absolute atomic E-state index is 15.5. The second kappa shape index (κ2) is 11.7. The normalized spacial score (nSPS) is 27.0. The van der Waals surface area contributed by atoms with E-state index >= 15 is 4.79 Å². The first-order valence-corrected chi connectivity index (χ1v) is 17.7. The number of phenols is 1. The number of amides is 4. The SMILES string of the molecule is O=C1[C@H]2[C@H](CC=C3[C@H]2C[C@H]2C(=O)N(c4cccc(Cl)c4)C(=O)[C@@]2(c2ccccc2)[C@H]3c2ccc(O)c3ccccc23)C(=O)N1c1ccc(Cl)cc1. The number of anilines is 2. The van der Waals surface area contributed by atoms with Crippen LogP contribution in [0.1, 0.15) is 29.9 Å². The van der Waals surface area contributed by atoms with Gasteiger partial charge in [0.25, 0.3) is 0 Å². The average molecular weight is 714 g/mol. The van der Waals surface area contributed by atoms with Gasteiger partial charge < -0.3 is 5.11 Å². The highest BCUT2D eigenvalue weighted by Crippen LogP contribution is 2.65. The van der Waals surface area contributed by atoms with Crippen LogP contribution in [0.15, 0.2) is 127 Å². The summed E-state index contributed by atoms with van der Waals surface area (Å²) in [7, 11) is 0. The van der Waals surface area contributed by atoms with Gasteiger partial charge in [-0.25, -0.2) is 4.90 Å². The van der Waals surface area contributed by atoms with Crippen LogP contribution < -0.4 is 9.80 Å². The molecule has 2 saturated heterocycles. The fraction of sp³-hybridized carbons (Fsp3) is 0.190. The number of nitrogens with zero attached hydrogens (tertiary/aromatic N) is 2. The van der Waals surface area contributed by atoms with Crippen LogP contribution in [-0.2, 0) is 24.6 Å². The summed E-state index contributed by atoms with van der Waals surface area (Å²) >= 11 is 12.6. The van der Waals surface area contributed by atoms with Gasteiger partial charge in [0.1, 0.15) is 5.75 Å². The lowest BCUT2D eigenvalue weighted by Gasteiger charge is -2.51. The molecule has 0 radical (unpaired) electrons. The molecule has 0 unspecified atom stereocenters. The Morgan fingerprint density at radius 3 is 2.12 bits per heavy atom. The van der Waals surface area contributed by atoms with Gasteiger partial charge in [-0.2, -0.15) is 0 Å². The number of halogens is 2. The summed E-state index contributed by atoms with van der Waals surface area (Å²) in [6, 6.07) is 33.7. The number of aromatic hydroxyl groups is 1. The third-order valence-corrected chi connectivity index (χ3v) is 12.0. The molecule has 6 atom stereocenters. The molecule has 1 N–H and O–H groups in total. The van der Waals surface area contributed by atoms with Crippen molar-refractivity contribution in [2.45, 2.75) is 24.2 Å². The molecular formula is C42H30Cl2N2O5. The molecule has 9 rings (SSSR count). The number of allylic oxidation sites excluding steroid dienone is 2. The smallest absolute Gasteiger partial charge is 0.246 e. The van der Waals surface area contributed by atoms with E-state index in [4.69, 9.17) is 23.2 Å². The van der Waals surface area contributed by atoms with Gasteiger partial charge in [-0.05, 0) is 83.8 Å². The number of hydrogen-bond donors (Lipinski definition) is 1. The van der Waals surface area contributed by atoms with Crippen LogP contribution >= 0.6 is 23.2 Å². The van der Waals surface area contributed by atoms with E-state index in [9.17, 15) is 19.5 Å². The summed E-state index contributed by atoms with van der Waals surface area (Å²) in [5, 5.41) is 13.2. The Bertz CT molecular complexity index is 2340. The molecule has 5 aromatic rings. The maximum atomic E-state index is 15.5. The Kier molecular flexibility index (Phi) is 7.25. The van der Waals surface area contributed by atoms with Gasteiger partial charge in [0.05, 0.1) is 34.5 Å². The van der Waals surface area contributed by atoms with Crippen molar-refractivity contribution in [3.05, 3.63) is 148 Å². The molecule has 4 aliphatic rings. The van der Waals surface area contributed by atoms with Crippen LogP contribution in [0.5, 0.6) is 5.75 Å². The minimum Gasteiger partial charge on any atom is -0.507 e. The molecule has 2 aliphatic heterocycles. The molecule has 2 aliphatic carbocycles. The maximum Gasteiger partial charge on any atom is 0.246 e. The van der Waals surface area contributed by atoms with E-state index < -0.39 is 35.0 Å². The first-order valence-electron chi connectivity index (χ1n) is 16.9. The van der Waals surface area contributed by atoms with E-state index in [1.54, 1.807) is 54.6 Å². The fourth-order valence-corrected chi connectivity index (χ4v) is 9.80. The number of phenolic OH excluding ortho intramolecular Hbond substituents is 1. The standard InChI is InChI=1S/C42H30Cl2N2O5/c43-24-13-15-26(16-14-24)45-38(48)32-18-17-31-33(36(32)40(45)50)22-34-39(49)46(27-10-6-9-25(44)21-27)41(51)42(34,23-7-2-1-3-8-23)37(31)30-19-20-35(47)29-12-5-4-11-28(29)30/h1-17,19-21,32-34,36-37,47H,18,22H2/t32-,33+,34-,36-,37-,42+/m0/s1. The Labute approximate surface area is 303 Å². The highest BCUT2D eigenvalue weighted by Gasteiger charge is 2.70. The molecule has 9 heteroatoms. The Morgan fingerprint density at radius 1 is 0.647 bits per heavy atom. The summed E-state index contributed by atoms with van der Waals surface area (Å²) in [6.07, 6.45) is 2.52. The fourth-order valence-electron chi connectivity index (χ4n) is 9.49. The number of carbonyl (C=O) groups is 4. The lowest BCUT2D eigenvalue weighted by atomic mass is 9.49. The molecule has 252 valence electrons. The molecule has 0 spiro atoms. The molecule has 1 saturated carbocycles. The molecular weight excluding hydrogens is 683 g/mol. The van der Waals surface area contributed by atoms with Gasteiger partial charge in [-0.15, -0.1) is 0 Å². The Balaban J connectivity index is 1.30. The lowest BCUT2D eigenvalue weighted by Crippen LogP contribution is -2.53. The first kappa shape index (κ1) is 31.7. The van der Waals surface area contributed by atoms with Crippen LogP contribution in [0.3, 0.4) is 0 Å². The lowest BCUT2D eigenvalue weighted by molar-refractivity contribution is -0.127. The topological polar surface area (TPSA) is 95.0 Å². The molecule has 7 nitrogen and oxygen atoms in total. The van der Waals surface area contributed by atoms with Crippen LogP contribution in [0.25, 0.3) is 10.8 Å². The van der Waals surface area contributed by atoms with Crippen molar-refractivity contribution >= 4 is 69.0 Å². The molecule has 3 fully saturated rings. The third-order valence-electron chi connectivity index (χ3n) is 11.5. The molecule has 4 amide bonds. The summed E-state index contributed by atoms with van der Waals surface area (Å²) in [5.74, 6) is -4.78. The van der Waals surface area contributed by atoms with E-state index in [0.29, 0.717) is 38.8 Å². The number of rotatable bonds is 4. The number of carbonyl (C=O) groups excluding carboxylic acids is 4. The largest absolute Gasteiger partial charge is 0.507 e. The van der Waals surface area contributed by atoms with Gasteiger partial charge >= 0.3 is 0 Å². The van der Waals surface area contributed by atoms with Crippen LogP contribution in [0.4, 0.5) is 11.4 Å². The second-order valence-corrected chi connectivity index (χ2v) is 14.7. The van der Waals surface area contributed by atoms with Gasteiger partial charge in [0, 0.05) is 21.3 Å². The van der Waals surface area contributed by atoms with Crippen LogP contribution in [0.2, 0.25) is 10.0 Å². The molecule has 2 heterocycles. The average Bonchev–Trinajstić information content (AvgIpc) is 3.53. The summed E-state index contributed by atoms with van der Waals surface area (Å²) in [5.41, 5.74) is 1.68. The summed E-state index contributed by atoms with van der Waals surface area (Å²) in [6.45, 7) is 0. The van der Waals surface area contributed by atoms with Crippen molar-refractivity contribution in [1.82, 2.24) is 0 Å². The van der Waals surface area contributed by atoms with Gasteiger partial charge in [0.15, 0.2) is 0 Å². The Hall–Kier alpha value is -5.24. The second-order valence-electron chi connectivity index (χ2n) is 13.8. The minimum absolute atomic E-state index is 0.0919. The number of hydrogen-bond acceptors (Lipinski definition) is 5. The van der Waals surface area contributed by atoms with Crippen molar-refractivity contribution in [3.63, 3.8) is 0 Å². The monoisotopic (exact) mass is 712 g/mol. The van der Waals surface area contributed by atoms with E-state index in [1.807, 2.05) is 66.7 Å². The van der Waals surface area contributed by atoms with Gasteiger partial charge in [-0.3, -0.25) is 24.1 Å². The van der Waals surface area contributed by atoms with Crippen molar-refractivity contribution in [3.8, 4) is 5.75 Å². The zero-order valence-corrected chi connectivity index (χ0v) is 28.6. The highest BCUT2D eigenvalue weighted by atomic mass is 35.5. The number of imide groups is 2. The van der Waals surface area contributed by atoms with Crippen molar-refractivity contribution in [2.24, 2.45) is 23.7 Å². The van der Waals surface area contributed by atoms with E-state index in [0.717, 1.165) is 16.5 Å². The van der Waals surface area contributed by atoms with Crippen molar-refractivity contribution in [2.75, 3.05) is 9.80 Å². The Morgan fingerprint density at radius 2 is 1.37 bits per heavy atom. The zero-order chi connectivity index (χ0) is 35.2. The summed E-state index contributed by atoms with van der Waals surface area (Å²) in [4.78, 5) is 61.6. The molecule has 0 bridgehead atoms. The molecule has 51 heavy (non-hydrogen) atoms.